The quantitative estimate of drug-likeness (QED) is 0.764. The smallest absolute Gasteiger partial charge is 0.422 e. The largest absolute Gasteiger partial charge is 0.493 e. The van der Waals surface area contributed by atoms with E-state index in [4.69, 9.17) is 10.5 Å². The van der Waals surface area contributed by atoms with Gasteiger partial charge in [0.25, 0.3) is 0 Å². The topological polar surface area (TPSA) is 73.6 Å². The van der Waals surface area contributed by atoms with Crippen LogP contribution in [0.5, 0.6) is 11.5 Å². The summed E-state index contributed by atoms with van der Waals surface area (Å²) in [5.74, 6) is 0.0714. The van der Waals surface area contributed by atoms with E-state index in [9.17, 15) is 18.0 Å². The Labute approximate surface area is 126 Å². The van der Waals surface area contributed by atoms with Crippen LogP contribution in [0.2, 0.25) is 0 Å². The van der Waals surface area contributed by atoms with Crippen LogP contribution in [-0.4, -0.2) is 38.9 Å². The summed E-state index contributed by atoms with van der Waals surface area (Å²) in [5, 5.41) is 2.63. The SMILES string of the molecule is COc1cc(CCC(=O)NCCN)ccc1OCC(F)(F)F. The number of ether oxygens (including phenoxy) is 2. The lowest BCUT2D eigenvalue weighted by atomic mass is 10.1. The van der Waals surface area contributed by atoms with Crippen molar-refractivity contribution in [2.75, 3.05) is 26.8 Å². The number of nitrogens with two attached hydrogens (primary N) is 1. The van der Waals surface area contributed by atoms with Crippen molar-refractivity contribution in [3.63, 3.8) is 0 Å². The number of nitrogens with one attached hydrogen (secondary N) is 1. The molecule has 1 aromatic carbocycles. The van der Waals surface area contributed by atoms with Crippen molar-refractivity contribution < 1.29 is 27.4 Å². The Balaban J connectivity index is 2.62. The lowest BCUT2D eigenvalue weighted by Crippen LogP contribution is -2.29. The molecule has 0 saturated heterocycles. The number of amides is 1. The number of methoxy groups -OCH3 is 1. The van der Waals surface area contributed by atoms with Gasteiger partial charge in [-0.15, -0.1) is 0 Å². The van der Waals surface area contributed by atoms with Gasteiger partial charge in [-0.3, -0.25) is 4.79 Å². The van der Waals surface area contributed by atoms with Gasteiger partial charge in [-0.25, -0.2) is 0 Å². The molecule has 8 heteroatoms. The molecule has 0 aromatic heterocycles. The summed E-state index contributed by atoms with van der Waals surface area (Å²) >= 11 is 0. The molecular formula is C14H19F3N2O3. The van der Waals surface area contributed by atoms with Gasteiger partial charge in [0.05, 0.1) is 7.11 Å². The summed E-state index contributed by atoms with van der Waals surface area (Å²) in [4.78, 5) is 11.5. The molecule has 0 spiro atoms. The minimum absolute atomic E-state index is 0.0103. The van der Waals surface area contributed by atoms with Gasteiger partial charge in [-0.05, 0) is 24.1 Å². The number of aryl methyl sites for hydroxylation is 1. The molecule has 0 unspecified atom stereocenters. The van der Waals surface area contributed by atoms with Crippen LogP contribution in [0.4, 0.5) is 13.2 Å². The van der Waals surface area contributed by atoms with Crippen molar-refractivity contribution in [3.8, 4) is 11.5 Å². The second kappa shape index (κ2) is 8.47. The van der Waals surface area contributed by atoms with E-state index in [1.807, 2.05) is 0 Å². The molecule has 1 amide bonds. The summed E-state index contributed by atoms with van der Waals surface area (Å²) in [5.41, 5.74) is 6.04. The molecule has 0 aliphatic heterocycles. The van der Waals surface area contributed by atoms with E-state index >= 15 is 0 Å². The van der Waals surface area contributed by atoms with Gasteiger partial charge < -0.3 is 20.5 Å². The van der Waals surface area contributed by atoms with E-state index < -0.39 is 12.8 Å². The summed E-state index contributed by atoms with van der Waals surface area (Å²) in [6.45, 7) is -0.610. The molecule has 0 fully saturated rings. The van der Waals surface area contributed by atoms with Crippen LogP contribution in [0, 0.1) is 0 Å². The molecule has 0 aliphatic carbocycles. The zero-order valence-corrected chi connectivity index (χ0v) is 12.2. The predicted molar refractivity (Wildman–Crippen MR) is 74.9 cm³/mol. The molecular weight excluding hydrogens is 301 g/mol. The fourth-order valence-electron chi connectivity index (χ4n) is 1.70. The van der Waals surface area contributed by atoms with Crippen LogP contribution in [0.15, 0.2) is 18.2 Å². The molecule has 5 nitrogen and oxygen atoms in total. The van der Waals surface area contributed by atoms with Crippen molar-refractivity contribution >= 4 is 5.91 Å². The molecule has 0 bridgehead atoms. The van der Waals surface area contributed by atoms with E-state index in [1.165, 1.54) is 13.2 Å². The molecule has 0 heterocycles. The van der Waals surface area contributed by atoms with E-state index in [0.29, 0.717) is 19.5 Å². The summed E-state index contributed by atoms with van der Waals surface area (Å²) in [7, 11) is 1.34. The first kappa shape index (κ1) is 18.1. The Morgan fingerprint density at radius 1 is 1.32 bits per heavy atom. The maximum absolute atomic E-state index is 12.1. The van der Waals surface area contributed by atoms with Crippen LogP contribution in [0.3, 0.4) is 0 Å². The van der Waals surface area contributed by atoms with Crippen molar-refractivity contribution in [2.45, 2.75) is 19.0 Å². The monoisotopic (exact) mass is 320 g/mol. The van der Waals surface area contributed by atoms with Crippen LogP contribution in [0.1, 0.15) is 12.0 Å². The second-order valence-electron chi connectivity index (χ2n) is 4.53. The maximum atomic E-state index is 12.1. The first-order chi connectivity index (χ1) is 10.4. The van der Waals surface area contributed by atoms with Gasteiger partial charge in [0.1, 0.15) is 0 Å². The second-order valence-corrected chi connectivity index (χ2v) is 4.53. The highest BCUT2D eigenvalue weighted by atomic mass is 19.4. The van der Waals surface area contributed by atoms with E-state index in [-0.39, 0.29) is 23.8 Å². The first-order valence-electron chi connectivity index (χ1n) is 6.69. The normalized spacial score (nSPS) is 11.1. The predicted octanol–water partition coefficient (Wildman–Crippen LogP) is 1.64. The zero-order valence-electron chi connectivity index (χ0n) is 12.2. The number of halogens is 3. The Morgan fingerprint density at radius 2 is 2.05 bits per heavy atom. The highest BCUT2D eigenvalue weighted by Crippen LogP contribution is 2.30. The molecule has 0 radical (unpaired) electrons. The van der Waals surface area contributed by atoms with Crippen LogP contribution in [0.25, 0.3) is 0 Å². The number of hydrogen-bond acceptors (Lipinski definition) is 4. The summed E-state index contributed by atoms with van der Waals surface area (Å²) in [6, 6.07) is 4.56. The fourth-order valence-corrected chi connectivity index (χ4v) is 1.70. The number of benzene rings is 1. The first-order valence-corrected chi connectivity index (χ1v) is 6.69. The van der Waals surface area contributed by atoms with Crippen LogP contribution in [-0.2, 0) is 11.2 Å². The minimum atomic E-state index is -4.41. The van der Waals surface area contributed by atoms with Crippen molar-refractivity contribution in [1.82, 2.24) is 5.32 Å². The third-order valence-electron chi connectivity index (χ3n) is 2.73. The van der Waals surface area contributed by atoms with Crippen molar-refractivity contribution in [3.05, 3.63) is 23.8 Å². The Morgan fingerprint density at radius 3 is 2.64 bits per heavy atom. The number of rotatable bonds is 8. The third kappa shape index (κ3) is 6.66. The van der Waals surface area contributed by atoms with Gasteiger partial charge in [0.15, 0.2) is 18.1 Å². The highest BCUT2D eigenvalue weighted by molar-refractivity contribution is 5.76. The van der Waals surface area contributed by atoms with Crippen molar-refractivity contribution in [2.24, 2.45) is 5.73 Å². The Kier molecular flexibility index (Phi) is 6.97. The van der Waals surface area contributed by atoms with E-state index in [1.54, 1.807) is 12.1 Å². The highest BCUT2D eigenvalue weighted by Gasteiger charge is 2.29. The number of carbonyl (C=O) groups excluding carboxylic acids is 1. The van der Waals surface area contributed by atoms with Crippen molar-refractivity contribution in [1.29, 1.82) is 0 Å². The molecule has 22 heavy (non-hydrogen) atoms. The fraction of sp³-hybridized carbons (Fsp3) is 0.500. The maximum Gasteiger partial charge on any atom is 0.422 e. The van der Waals surface area contributed by atoms with Gasteiger partial charge in [-0.1, -0.05) is 6.07 Å². The molecule has 1 aromatic rings. The lowest BCUT2D eigenvalue weighted by molar-refractivity contribution is -0.153. The Bertz CT molecular complexity index is 493. The lowest BCUT2D eigenvalue weighted by Gasteiger charge is -2.13. The van der Waals surface area contributed by atoms with E-state index in [2.05, 4.69) is 10.1 Å². The molecule has 0 aliphatic rings. The van der Waals surface area contributed by atoms with E-state index in [0.717, 1.165) is 5.56 Å². The molecule has 3 N–H and O–H groups in total. The minimum Gasteiger partial charge on any atom is -0.493 e. The van der Waals surface area contributed by atoms with Gasteiger partial charge in [-0.2, -0.15) is 13.2 Å². The summed E-state index contributed by atoms with van der Waals surface area (Å²) < 4.78 is 46.1. The summed E-state index contributed by atoms with van der Waals surface area (Å²) in [6.07, 6.45) is -3.72. The van der Waals surface area contributed by atoms with Gasteiger partial charge in [0.2, 0.25) is 5.91 Å². The van der Waals surface area contributed by atoms with Gasteiger partial charge >= 0.3 is 6.18 Å². The molecule has 124 valence electrons. The molecule has 0 atom stereocenters. The standard InChI is InChI=1S/C14H19F3N2O3/c1-21-12-8-10(3-5-13(20)19-7-6-18)2-4-11(12)22-9-14(15,16)17/h2,4,8H,3,5-7,9,18H2,1H3,(H,19,20). The van der Waals surface area contributed by atoms with Crippen LogP contribution >= 0.6 is 0 Å². The average Bonchev–Trinajstić information content (AvgIpc) is 2.48. The number of hydrogen-bond donors (Lipinski definition) is 2. The van der Waals surface area contributed by atoms with Gasteiger partial charge in [0, 0.05) is 19.5 Å². The average molecular weight is 320 g/mol. The Hall–Kier alpha value is -1.96. The zero-order chi connectivity index (χ0) is 16.6. The molecule has 1 rings (SSSR count). The van der Waals surface area contributed by atoms with Crippen LogP contribution < -0.4 is 20.5 Å². The molecule has 0 saturated carbocycles. The third-order valence-corrected chi connectivity index (χ3v) is 2.73. The number of carbonyl (C=O) groups is 1. The number of alkyl halides is 3.